The standard InChI is InChI=1S/C25H24Cl2F6N2O3/c1-23(2,3)38-22(37)35-5-4-20(19(12-35)13-8-17(26)11-18(27)9-13)34-21(36)14-6-15(24(28,29)30)10-16(7-14)25(31,32)33/h6-11,19-20H,4-5,12H2,1-3H3,(H,34,36)/t19-,20?/m0/s1. The molecule has 1 fully saturated rings. The average Bonchev–Trinajstić information content (AvgIpc) is 2.76. The molecule has 13 heteroatoms. The molecule has 2 aromatic rings. The van der Waals surface area contributed by atoms with Crippen LogP contribution in [0, 0.1) is 0 Å². The maximum absolute atomic E-state index is 13.3. The van der Waals surface area contributed by atoms with E-state index in [0.29, 0.717) is 17.7 Å². The molecule has 208 valence electrons. The van der Waals surface area contributed by atoms with Crippen molar-refractivity contribution in [3.8, 4) is 0 Å². The number of nitrogens with one attached hydrogen (secondary N) is 1. The Bertz CT molecular complexity index is 1160. The molecule has 2 aromatic carbocycles. The summed E-state index contributed by atoms with van der Waals surface area (Å²) in [5, 5.41) is 3.08. The van der Waals surface area contributed by atoms with Crippen LogP contribution in [0.4, 0.5) is 31.1 Å². The predicted octanol–water partition coefficient (Wildman–Crippen LogP) is 7.55. The van der Waals surface area contributed by atoms with Crippen LogP contribution in [0.1, 0.15) is 60.2 Å². The summed E-state index contributed by atoms with van der Waals surface area (Å²) in [6.45, 7) is 5.21. The predicted molar refractivity (Wildman–Crippen MR) is 129 cm³/mol. The number of piperidine rings is 1. The normalized spacial score (nSPS) is 18.8. The second-order valence-electron chi connectivity index (χ2n) is 9.90. The second kappa shape index (κ2) is 10.8. The molecule has 0 radical (unpaired) electrons. The number of hydrogen-bond acceptors (Lipinski definition) is 3. The van der Waals surface area contributed by atoms with Gasteiger partial charge in [-0.05, 0) is 69.2 Å². The van der Waals surface area contributed by atoms with E-state index in [1.54, 1.807) is 32.9 Å². The summed E-state index contributed by atoms with van der Waals surface area (Å²) in [7, 11) is 0. The van der Waals surface area contributed by atoms with Crippen molar-refractivity contribution in [1.29, 1.82) is 0 Å². The molecule has 0 bridgehead atoms. The van der Waals surface area contributed by atoms with Gasteiger partial charge in [0.05, 0.1) is 11.1 Å². The van der Waals surface area contributed by atoms with Gasteiger partial charge in [-0.1, -0.05) is 23.2 Å². The van der Waals surface area contributed by atoms with Crippen LogP contribution in [-0.2, 0) is 17.1 Å². The quantitative estimate of drug-likeness (QED) is 0.379. The molecule has 1 N–H and O–H groups in total. The minimum absolute atomic E-state index is 0.0208. The summed E-state index contributed by atoms with van der Waals surface area (Å²) < 4.78 is 85.1. The van der Waals surface area contributed by atoms with E-state index in [0.717, 1.165) is 0 Å². The molecule has 1 heterocycles. The number of carbonyl (C=O) groups excluding carboxylic acids is 2. The van der Waals surface area contributed by atoms with E-state index in [9.17, 15) is 35.9 Å². The number of carbonyl (C=O) groups is 2. The smallest absolute Gasteiger partial charge is 0.416 e. The van der Waals surface area contributed by atoms with Crippen LogP contribution in [0.3, 0.4) is 0 Å². The first-order valence-electron chi connectivity index (χ1n) is 11.4. The summed E-state index contributed by atoms with van der Waals surface area (Å²) in [6.07, 6.45) is -10.7. The number of nitrogens with zero attached hydrogens (tertiary/aromatic N) is 1. The van der Waals surface area contributed by atoms with Crippen LogP contribution in [0.25, 0.3) is 0 Å². The molecule has 1 aliphatic rings. The molecule has 1 unspecified atom stereocenters. The van der Waals surface area contributed by atoms with Gasteiger partial charge in [0, 0.05) is 40.7 Å². The van der Waals surface area contributed by atoms with Crippen molar-refractivity contribution in [2.75, 3.05) is 13.1 Å². The summed E-state index contributed by atoms with van der Waals surface area (Å²) >= 11 is 12.3. The number of halogens is 8. The third-order valence-corrected chi connectivity index (χ3v) is 6.18. The van der Waals surface area contributed by atoms with Crippen molar-refractivity contribution < 1.29 is 40.7 Å². The number of benzene rings is 2. The van der Waals surface area contributed by atoms with Crippen LogP contribution >= 0.6 is 23.2 Å². The molecular formula is C25H24Cl2F6N2O3. The lowest BCUT2D eigenvalue weighted by atomic mass is 9.85. The number of alkyl halides is 6. The first kappa shape index (κ1) is 29.9. The van der Waals surface area contributed by atoms with E-state index in [-0.39, 0.29) is 35.6 Å². The van der Waals surface area contributed by atoms with E-state index < -0.39 is 58.6 Å². The highest BCUT2D eigenvalue weighted by Gasteiger charge is 2.39. The molecule has 5 nitrogen and oxygen atoms in total. The number of ether oxygens (including phenoxy) is 1. The summed E-state index contributed by atoms with van der Waals surface area (Å²) in [5.41, 5.74) is -4.27. The van der Waals surface area contributed by atoms with Crippen molar-refractivity contribution in [2.45, 2.75) is 57.1 Å². The van der Waals surface area contributed by atoms with Gasteiger partial charge in [0.1, 0.15) is 5.60 Å². The van der Waals surface area contributed by atoms with Crippen molar-refractivity contribution in [3.63, 3.8) is 0 Å². The summed E-state index contributed by atoms with van der Waals surface area (Å²) in [6, 6.07) is 4.49. The van der Waals surface area contributed by atoms with Gasteiger partial charge < -0.3 is 15.0 Å². The third-order valence-electron chi connectivity index (χ3n) is 5.74. The number of hydrogen-bond donors (Lipinski definition) is 1. The maximum atomic E-state index is 13.3. The third kappa shape index (κ3) is 7.69. The first-order chi connectivity index (χ1) is 17.3. The summed E-state index contributed by atoms with van der Waals surface area (Å²) in [5.74, 6) is -1.78. The van der Waals surface area contributed by atoms with Crippen LogP contribution in [0.15, 0.2) is 36.4 Å². The van der Waals surface area contributed by atoms with Crippen LogP contribution in [-0.4, -0.2) is 41.6 Å². The molecule has 0 aromatic heterocycles. The minimum Gasteiger partial charge on any atom is -0.444 e. The van der Waals surface area contributed by atoms with Crippen LogP contribution < -0.4 is 5.32 Å². The Hall–Kier alpha value is -2.66. The highest BCUT2D eigenvalue weighted by Crippen LogP contribution is 2.37. The lowest BCUT2D eigenvalue weighted by Crippen LogP contribution is -2.52. The second-order valence-corrected chi connectivity index (χ2v) is 10.8. The minimum atomic E-state index is -5.10. The molecular weight excluding hydrogens is 561 g/mol. The Morgan fingerprint density at radius 1 is 0.895 bits per heavy atom. The lowest BCUT2D eigenvalue weighted by molar-refractivity contribution is -0.143. The van der Waals surface area contributed by atoms with Crippen molar-refractivity contribution >= 4 is 35.2 Å². The van der Waals surface area contributed by atoms with Gasteiger partial charge in [-0.15, -0.1) is 0 Å². The molecule has 1 aliphatic heterocycles. The van der Waals surface area contributed by atoms with E-state index in [1.807, 2.05) is 0 Å². The fourth-order valence-electron chi connectivity index (χ4n) is 4.08. The molecule has 2 amide bonds. The Labute approximate surface area is 225 Å². The Kier molecular flexibility index (Phi) is 8.53. The highest BCUT2D eigenvalue weighted by atomic mass is 35.5. The highest BCUT2D eigenvalue weighted by molar-refractivity contribution is 6.34. The number of amides is 2. The SMILES string of the molecule is CC(C)(C)OC(=O)N1CCC(NC(=O)c2cc(C(F)(F)F)cc(C(F)(F)F)c2)[C@H](c2cc(Cl)cc(Cl)c2)C1. The molecule has 0 aliphatic carbocycles. The summed E-state index contributed by atoms with van der Waals surface area (Å²) in [4.78, 5) is 27.1. The topological polar surface area (TPSA) is 58.6 Å². The van der Waals surface area contributed by atoms with E-state index in [2.05, 4.69) is 5.32 Å². The zero-order valence-electron chi connectivity index (χ0n) is 20.4. The lowest BCUT2D eigenvalue weighted by Gasteiger charge is -2.39. The molecule has 2 atom stereocenters. The molecule has 1 saturated heterocycles. The molecule has 0 saturated carbocycles. The zero-order chi connectivity index (χ0) is 28.6. The van der Waals surface area contributed by atoms with Crippen molar-refractivity contribution in [2.24, 2.45) is 0 Å². The van der Waals surface area contributed by atoms with Crippen LogP contribution in [0.5, 0.6) is 0 Å². The van der Waals surface area contributed by atoms with Crippen molar-refractivity contribution in [1.82, 2.24) is 10.2 Å². The van der Waals surface area contributed by atoms with E-state index >= 15 is 0 Å². The van der Waals surface area contributed by atoms with Crippen LogP contribution in [0.2, 0.25) is 10.0 Å². The zero-order valence-corrected chi connectivity index (χ0v) is 21.9. The van der Waals surface area contributed by atoms with Gasteiger partial charge in [-0.2, -0.15) is 26.3 Å². The first-order valence-corrected chi connectivity index (χ1v) is 12.1. The number of rotatable bonds is 3. The van der Waals surface area contributed by atoms with E-state index in [1.165, 1.54) is 11.0 Å². The Balaban J connectivity index is 1.95. The Morgan fingerprint density at radius 2 is 1.42 bits per heavy atom. The number of likely N-dealkylation sites (tertiary alicyclic amines) is 1. The van der Waals surface area contributed by atoms with Gasteiger partial charge in [0.2, 0.25) is 0 Å². The fourth-order valence-corrected chi connectivity index (χ4v) is 4.62. The monoisotopic (exact) mass is 584 g/mol. The van der Waals surface area contributed by atoms with Gasteiger partial charge in [-0.25, -0.2) is 4.79 Å². The Morgan fingerprint density at radius 3 is 1.89 bits per heavy atom. The molecule has 38 heavy (non-hydrogen) atoms. The molecule has 0 spiro atoms. The van der Waals surface area contributed by atoms with Gasteiger partial charge in [0.15, 0.2) is 0 Å². The fraction of sp³-hybridized carbons (Fsp3) is 0.440. The van der Waals surface area contributed by atoms with Gasteiger partial charge in [-0.3, -0.25) is 4.79 Å². The maximum Gasteiger partial charge on any atom is 0.416 e. The average molecular weight is 585 g/mol. The molecule has 3 rings (SSSR count). The largest absolute Gasteiger partial charge is 0.444 e. The van der Waals surface area contributed by atoms with E-state index in [4.69, 9.17) is 27.9 Å². The van der Waals surface area contributed by atoms with Gasteiger partial charge >= 0.3 is 18.4 Å². The van der Waals surface area contributed by atoms with Crippen molar-refractivity contribution in [3.05, 3.63) is 68.7 Å². The van der Waals surface area contributed by atoms with Gasteiger partial charge in [0.25, 0.3) is 5.91 Å².